The lowest BCUT2D eigenvalue weighted by Crippen LogP contribution is -2.65. The number of fused-ring (bicyclic) bond motifs is 4. The van der Waals surface area contributed by atoms with Crippen LogP contribution in [-0.4, -0.2) is 51.8 Å². The second-order valence-corrected chi connectivity index (χ2v) is 10.0. The predicted octanol–water partition coefficient (Wildman–Crippen LogP) is 4.05. The van der Waals surface area contributed by atoms with E-state index in [1.54, 1.807) is 0 Å². The van der Waals surface area contributed by atoms with Crippen molar-refractivity contribution in [1.29, 1.82) is 0 Å². The molecule has 0 radical (unpaired) electrons. The Bertz CT molecular complexity index is 784. The van der Waals surface area contributed by atoms with E-state index in [1.165, 1.54) is 38.5 Å². The molecule has 30 heavy (non-hydrogen) atoms. The maximum Gasteiger partial charge on any atom is 0.276 e. The molecule has 0 unspecified atom stereocenters. The summed E-state index contributed by atoms with van der Waals surface area (Å²) in [6.45, 7) is 3.49. The number of hydrogen-bond acceptors (Lipinski definition) is 4. The molecular formula is C24H35N3O3. The topological polar surface area (TPSA) is 66.7 Å². The summed E-state index contributed by atoms with van der Waals surface area (Å²) in [6, 6.07) is 0.621. The van der Waals surface area contributed by atoms with E-state index in [9.17, 15) is 9.59 Å². The Hall–Kier alpha value is -1.85. The van der Waals surface area contributed by atoms with E-state index in [0.29, 0.717) is 54.1 Å². The average Bonchev–Trinajstić information content (AvgIpc) is 3.26. The van der Waals surface area contributed by atoms with Crippen molar-refractivity contribution in [3.05, 3.63) is 17.8 Å². The molecule has 3 saturated heterocycles. The van der Waals surface area contributed by atoms with Crippen molar-refractivity contribution in [3.63, 3.8) is 0 Å². The number of hydrogen-bond donors (Lipinski definition) is 0. The maximum atomic E-state index is 13.3. The third-order valence-electron chi connectivity index (χ3n) is 8.25. The first-order valence-corrected chi connectivity index (χ1v) is 12.2. The lowest BCUT2D eigenvalue weighted by molar-refractivity contribution is -0.153. The summed E-state index contributed by atoms with van der Waals surface area (Å²) < 4.78 is 5.43. The molecule has 5 rings (SSSR count). The number of piperidine rings is 3. The smallest absolute Gasteiger partial charge is 0.276 e. The summed E-state index contributed by atoms with van der Waals surface area (Å²) in [5, 5.41) is 0. The number of rotatable bonds is 4. The summed E-state index contributed by atoms with van der Waals surface area (Å²) in [7, 11) is 0. The van der Waals surface area contributed by atoms with E-state index < -0.39 is 0 Å². The first-order chi connectivity index (χ1) is 14.7. The van der Waals surface area contributed by atoms with Gasteiger partial charge in [-0.2, -0.15) is 0 Å². The van der Waals surface area contributed by atoms with Crippen LogP contribution >= 0.6 is 0 Å². The van der Waals surface area contributed by atoms with Gasteiger partial charge in [0.05, 0.1) is 0 Å². The van der Waals surface area contributed by atoms with E-state index >= 15 is 0 Å². The minimum absolute atomic E-state index is 0.0160. The van der Waals surface area contributed by atoms with Crippen LogP contribution in [0.5, 0.6) is 0 Å². The van der Waals surface area contributed by atoms with Crippen molar-refractivity contribution in [3.8, 4) is 0 Å². The Kier molecular flexibility index (Phi) is 5.59. The molecule has 0 N–H and O–H groups in total. The monoisotopic (exact) mass is 413 g/mol. The van der Waals surface area contributed by atoms with Crippen LogP contribution in [0.3, 0.4) is 0 Å². The number of aryl methyl sites for hydroxylation is 1. The van der Waals surface area contributed by atoms with Gasteiger partial charge >= 0.3 is 0 Å². The van der Waals surface area contributed by atoms with Crippen LogP contribution in [-0.2, 0) is 11.2 Å². The molecule has 0 spiro atoms. The minimum atomic E-state index is 0.0160. The number of carbonyl (C=O) groups is 2. The molecular weight excluding hydrogens is 378 g/mol. The normalized spacial score (nSPS) is 32.2. The molecule has 4 fully saturated rings. The van der Waals surface area contributed by atoms with Crippen molar-refractivity contribution in [2.45, 2.75) is 89.6 Å². The second-order valence-electron chi connectivity index (χ2n) is 10.0. The van der Waals surface area contributed by atoms with Crippen LogP contribution in [0.1, 0.15) is 87.4 Å². The van der Waals surface area contributed by atoms with Gasteiger partial charge in [0, 0.05) is 38.0 Å². The van der Waals surface area contributed by atoms with E-state index in [1.807, 2.05) is 11.8 Å². The van der Waals surface area contributed by atoms with Gasteiger partial charge in [0.2, 0.25) is 5.91 Å². The van der Waals surface area contributed by atoms with E-state index in [0.717, 1.165) is 44.7 Å². The lowest BCUT2D eigenvalue weighted by Gasteiger charge is -2.57. The standard InChI is InChI=1S/C24H35N3O3/c1-2-21-23(25-15-30-21)24(29)26-13-17-12-18(14-26)20(11-16-7-4-3-5-8-16)27-19(17)9-6-10-22(27)28/h15-20H,2-14H2,1H3/t17-,18+,19+,20+/m1/s1. The van der Waals surface area contributed by atoms with E-state index in [-0.39, 0.29) is 5.91 Å². The van der Waals surface area contributed by atoms with Gasteiger partial charge in [-0.1, -0.05) is 39.0 Å². The first kappa shape index (κ1) is 20.1. The molecule has 3 aliphatic heterocycles. The van der Waals surface area contributed by atoms with Gasteiger partial charge in [-0.05, 0) is 43.4 Å². The zero-order valence-corrected chi connectivity index (χ0v) is 18.2. The fourth-order valence-electron chi connectivity index (χ4n) is 6.85. The molecule has 1 saturated carbocycles. The van der Waals surface area contributed by atoms with Crippen LogP contribution in [0.4, 0.5) is 0 Å². The molecule has 4 aliphatic rings. The molecule has 164 valence electrons. The highest BCUT2D eigenvalue weighted by molar-refractivity contribution is 5.93. The number of aromatic nitrogens is 1. The third-order valence-corrected chi connectivity index (χ3v) is 8.25. The van der Waals surface area contributed by atoms with Crippen LogP contribution in [0.2, 0.25) is 0 Å². The molecule has 4 heterocycles. The van der Waals surface area contributed by atoms with Gasteiger partial charge < -0.3 is 14.2 Å². The summed E-state index contributed by atoms with van der Waals surface area (Å²) in [6.07, 6.45) is 13.8. The van der Waals surface area contributed by atoms with Gasteiger partial charge in [0.25, 0.3) is 5.91 Å². The summed E-state index contributed by atoms with van der Waals surface area (Å²) in [5.41, 5.74) is 0.484. The maximum absolute atomic E-state index is 13.3. The van der Waals surface area contributed by atoms with Crippen LogP contribution in [0, 0.1) is 17.8 Å². The van der Waals surface area contributed by atoms with Crippen molar-refractivity contribution in [2.24, 2.45) is 17.8 Å². The highest BCUT2D eigenvalue weighted by Gasteiger charge is 2.50. The highest BCUT2D eigenvalue weighted by Crippen LogP contribution is 2.45. The molecule has 6 heteroatoms. The van der Waals surface area contributed by atoms with Gasteiger partial charge in [-0.3, -0.25) is 9.59 Å². The molecule has 2 amide bonds. The zero-order valence-electron chi connectivity index (χ0n) is 18.2. The molecule has 2 bridgehead atoms. The Morgan fingerprint density at radius 2 is 1.93 bits per heavy atom. The Labute approximate surface area is 179 Å². The second kappa shape index (κ2) is 8.35. The van der Waals surface area contributed by atoms with E-state index in [2.05, 4.69) is 9.88 Å². The predicted molar refractivity (Wildman–Crippen MR) is 113 cm³/mol. The van der Waals surface area contributed by atoms with Gasteiger partial charge in [0.1, 0.15) is 5.76 Å². The van der Waals surface area contributed by atoms with Crippen molar-refractivity contribution >= 4 is 11.8 Å². The van der Waals surface area contributed by atoms with Crippen LogP contribution < -0.4 is 0 Å². The first-order valence-electron chi connectivity index (χ1n) is 12.2. The Morgan fingerprint density at radius 1 is 1.13 bits per heavy atom. The van der Waals surface area contributed by atoms with Crippen molar-refractivity contribution in [1.82, 2.24) is 14.8 Å². The summed E-state index contributed by atoms with van der Waals surface area (Å²) >= 11 is 0. The summed E-state index contributed by atoms with van der Waals surface area (Å²) in [5.74, 6) is 2.60. The van der Waals surface area contributed by atoms with Gasteiger partial charge in [-0.25, -0.2) is 4.98 Å². The largest absolute Gasteiger partial charge is 0.448 e. The molecule has 1 aliphatic carbocycles. The average molecular weight is 414 g/mol. The quantitative estimate of drug-likeness (QED) is 0.747. The number of likely N-dealkylation sites (tertiary alicyclic amines) is 1. The van der Waals surface area contributed by atoms with Crippen LogP contribution in [0.25, 0.3) is 0 Å². The molecule has 0 aromatic carbocycles. The number of oxazole rings is 1. The zero-order chi connectivity index (χ0) is 20.7. The minimum Gasteiger partial charge on any atom is -0.448 e. The van der Waals surface area contributed by atoms with Crippen molar-refractivity contribution < 1.29 is 14.0 Å². The SMILES string of the molecule is CCc1ocnc1C(=O)N1C[C@H]2C[C@@H](C1)[C@H](CC1CCCCC1)N1C(=O)CCC[C@@H]21. The molecule has 1 aromatic rings. The highest BCUT2D eigenvalue weighted by atomic mass is 16.3. The van der Waals surface area contributed by atoms with Crippen molar-refractivity contribution in [2.75, 3.05) is 13.1 Å². The number of nitrogens with zero attached hydrogens (tertiary/aromatic N) is 3. The van der Waals surface area contributed by atoms with Gasteiger partial charge in [-0.15, -0.1) is 0 Å². The fourth-order valence-corrected chi connectivity index (χ4v) is 6.85. The third kappa shape index (κ3) is 3.56. The number of carbonyl (C=O) groups excluding carboxylic acids is 2. The number of amides is 2. The Morgan fingerprint density at radius 3 is 2.73 bits per heavy atom. The fraction of sp³-hybridized carbons (Fsp3) is 0.792. The molecule has 1 aromatic heterocycles. The molecule has 4 atom stereocenters. The van der Waals surface area contributed by atoms with Gasteiger partial charge in [0.15, 0.2) is 12.1 Å². The van der Waals surface area contributed by atoms with E-state index in [4.69, 9.17) is 4.42 Å². The van der Waals surface area contributed by atoms with Crippen LogP contribution in [0.15, 0.2) is 10.8 Å². The Balaban J connectivity index is 1.40. The summed E-state index contributed by atoms with van der Waals surface area (Å²) in [4.78, 5) is 34.9. The molecule has 6 nitrogen and oxygen atoms in total. The lowest BCUT2D eigenvalue weighted by atomic mass is 9.69.